The Bertz CT molecular complexity index is 933. The van der Waals surface area contributed by atoms with Crippen molar-refractivity contribution in [1.29, 1.82) is 0 Å². The minimum absolute atomic E-state index is 0.0635. The minimum atomic E-state index is -0.850. The normalized spacial score (nSPS) is 14.9. The van der Waals surface area contributed by atoms with E-state index >= 15 is 0 Å². The summed E-state index contributed by atoms with van der Waals surface area (Å²) in [5.74, 6) is -1.08. The van der Waals surface area contributed by atoms with Crippen LogP contribution in [0.2, 0.25) is 0 Å². The zero-order chi connectivity index (χ0) is 20.1. The highest BCUT2D eigenvalue weighted by atomic mass is 32.1. The number of thiophene rings is 1. The molecule has 0 N–H and O–H groups in total. The zero-order valence-electron chi connectivity index (χ0n) is 14.3. The number of ether oxygens (including phenoxy) is 3. The van der Waals surface area contributed by atoms with Crippen molar-refractivity contribution in [3.05, 3.63) is 67.1 Å². The monoisotopic (exact) mass is 406 g/mol. The third-order valence-corrected chi connectivity index (χ3v) is 4.67. The van der Waals surface area contributed by atoms with E-state index in [1.54, 1.807) is 0 Å². The number of nitro benzene ring substituents is 1. The molecule has 1 aliphatic rings. The van der Waals surface area contributed by atoms with Crippen molar-refractivity contribution >= 4 is 34.1 Å². The van der Waals surface area contributed by atoms with Gasteiger partial charge in [0.05, 0.1) is 23.1 Å². The fraction of sp³-hybridized carbons (Fsp3) is 0.235. The number of nitro groups is 2. The van der Waals surface area contributed by atoms with Crippen LogP contribution in [-0.4, -0.2) is 29.0 Å². The van der Waals surface area contributed by atoms with Crippen LogP contribution >= 0.6 is 11.3 Å². The molecule has 3 rings (SSSR count). The average Bonchev–Trinajstić information content (AvgIpc) is 3.17. The maximum atomic E-state index is 12.0. The lowest BCUT2D eigenvalue weighted by atomic mass is 10.1. The number of hydrogen-bond donors (Lipinski definition) is 0. The zero-order valence-corrected chi connectivity index (χ0v) is 15.1. The molecule has 0 amide bonds. The van der Waals surface area contributed by atoms with Gasteiger partial charge in [-0.2, -0.15) is 0 Å². The molecule has 1 aromatic carbocycles. The SMILES string of the molecule is O=C(/C=C/c1ccc([N+](=O)[O-])s1)Oc1ccc(C2OCCCO2)cc1[N+](=O)[O-]. The fourth-order valence-corrected chi connectivity index (χ4v) is 3.14. The van der Waals surface area contributed by atoms with Gasteiger partial charge in [0.1, 0.15) is 0 Å². The second kappa shape index (κ2) is 8.69. The van der Waals surface area contributed by atoms with Crippen molar-refractivity contribution in [1.82, 2.24) is 0 Å². The van der Waals surface area contributed by atoms with E-state index in [1.165, 1.54) is 36.4 Å². The van der Waals surface area contributed by atoms with E-state index in [0.717, 1.165) is 23.8 Å². The van der Waals surface area contributed by atoms with Crippen molar-refractivity contribution in [3.8, 4) is 5.75 Å². The van der Waals surface area contributed by atoms with E-state index in [4.69, 9.17) is 14.2 Å². The summed E-state index contributed by atoms with van der Waals surface area (Å²) >= 11 is 0.885. The number of benzene rings is 1. The lowest BCUT2D eigenvalue weighted by Crippen LogP contribution is -2.18. The molecule has 0 spiro atoms. The third kappa shape index (κ3) is 4.76. The Morgan fingerprint density at radius 1 is 1.14 bits per heavy atom. The molecule has 11 heteroatoms. The molecule has 1 fully saturated rings. The van der Waals surface area contributed by atoms with Crippen molar-refractivity contribution in [2.24, 2.45) is 0 Å². The molecule has 28 heavy (non-hydrogen) atoms. The van der Waals surface area contributed by atoms with E-state index in [9.17, 15) is 25.0 Å². The Morgan fingerprint density at radius 3 is 2.54 bits per heavy atom. The van der Waals surface area contributed by atoms with Gasteiger partial charge >= 0.3 is 16.7 Å². The van der Waals surface area contributed by atoms with Crippen molar-refractivity contribution < 1.29 is 28.9 Å². The van der Waals surface area contributed by atoms with E-state index < -0.39 is 27.8 Å². The standard InChI is InChI=1S/C17H14N2O8S/c20-16(7-4-12-3-6-15(28-12)19(23)24)27-14-5-2-11(10-13(14)18(21)22)17-25-8-1-9-26-17/h2-7,10,17H,1,8-9H2/b7-4+. The summed E-state index contributed by atoms with van der Waals surface area (Å²) in [6, 6.07) is 6.86. The first kappa shape index (κ1) is 19.6. The van der Waals surface area contributed by atoms with Crippen molar-refractivity contribution in [3.63, 3.8) is 0 Å². The van der Waals surface area contributed by atoms with E-state index in [-0.39, 0.29) is 10.8 Å². The Labute approximate surface area is 162 Å². The smallest absolute Gasteiger partial charge is 0.336 e. The number of nitrogens with zero attached hydrogens (tertiary/aromatic N) is 2. The van der Waals surface area contributed by atoms with Gasteiger partial charge in [-0.3, -0.25) is 20.2 Å². The maximum Gasteiger partial charge on any atom is 0.336 e. The molecule has 10 nitrogen and oxygen atoms in total. The topological polar surface area (TPSA) is 131 Å². The summed E-state index contributed by atoms with van der Waals surface area (Å²) in [6.45, 7) is 0.974. The second-order valence-corrected chi connectivity index (χ2v) is 6.69. The molecular formula is C17H14N2O8S. The summed E-state index contributed by atoms with van der Waals surface area (Å²) in [7, 11) is 0. The first-order chi connectivity index (χ1) is 13.4. The highest BCUT2D eigenvalue weighted by Crippen LogP contribution is 2.33. The van der Waals surface area contributed by atoms with Crippen LogP contribution in [0, 0.1) is 20.2 Å². The number of hydrogen-bond acceptors (Lipinski definition) is 9. The molecule has 1 saturated heterocycles. The van der Waals surface area contributed by atoms with Gasteiger partial charge in [-0.15, -0.1) is 0 Å². The van der Waals surface area contributed by atoms with Gasteiger partial charge in [0.15, 0.2) is 6.29 Å². The van der Waals surface area contributed by atoms with Gasteiger partial charge < -0.3 is 14.2 Å². The molecule has 0 aliphatic carbocycles. The molecule has 1 aliphatic heterocycles. The summed E-state index contributed by atoms with van der Waals surface area (Å²) in [5, 5.41) is 21.9. The van der Waals surface area contributed by atoms with Crippen LogP contribution in [0.25, 0.3) is 6.08 Å². The number of carbonyl (C=O) groups excluding carboxylic acids is 1. The van der Waals surface area contributed by atoms with Crippen LogP contribution in [-0.2, 0) is 14.3 Å². The molecule has 146 valence electrons. The van der Waals surface area contributed by atoms with Crippen LogP contribution < -0.4 is 4.74 Å². The first-order valence-corrected chi connectivity index (χ1v) is 8.91. The first-order valence-electron chi connectivity index (χ1n) is 8.09. The predicted octanol–water partition coefficient (Wildman–Crippen LogP) is 3.62. The van der Waals surface area contributed by atoms with Crippen molar-refractivity contribution in [2.45, 2.75) is 12.7 Å². The van der Waals surface area contributed by atoms with E-state index in [0.29, 0.717) is 23.7 Å². The Morgan fingerprint density at radius 2 is 1.89 bits per heavy atom. The molecule has 2 heterocycles. The minimum Gasteiger partial charge on any atom is -0.416 e. The summed E-state index contributed by atoms with van der Waals surface area (Å²) in [6.07, 6.45) is 2.42. The molecular weight excluding hydrogens is 392 g/mol. The molecule has 0 atom stereocenters. The Kier molecular flexibility index (Phi) is 6.09. The lowest BCUT2D eigenvalue weighted by Gasteiger charge is -2.23. The summed E-state index contributed by atoms with van der Waals surface area (Å²) in [5.41, 5.74) is 0.0522. The second-order valence-electron chi connectivity index (χ2n) is 5.60. The number of esters is 1. The third-order valence-electron chi connectivity index (χ3n) is 3.67. The van der Waals surface area contributed by atoms with Crippen LogP contribution in [0.1, 0.15) is 23.2 Å². The van der Waals surface area contributed by atoms with Gasteiger partial charge in [-0.05, 0) is 30.7 Å². The van der Waals surface area contributed by atoms with Crippen LogP contribution in [0.5, 0.6) is 5.75 Å². The Hall–Kier alpha value is -3.15. The highest BCUT2D eigenvalue weighted by Gasteiger charge is 2.23. The average molecular weight is 406 g/mol. The van der Waals surface area contributed by atoms with E-state index in [2.05, 4.69) is 0 Å². The summed E-state index contributed by atoms with van der Waals surface area (Å²) < 4.78 is 15.9. The Balaban J connectivity index is 1.72. The largest absolute Gasteiger partial charge is 0.416 e. The quantitative estimate of drug-likeness (QED) is 0.234. The molecule has 0 bridgehead atoms. The van der Waals surface area contributed by atoms with Gasteiger partial charge in [-0.1, -0.05) is 11.3 Å². The van der Waals surface area contributed by atoms with Gasteiger partial charge in [0.25, 0.3) is 0 Å². The summed E-state index contributed by atoms with van der Waals surface area (Å²) in [4.78, 5) is 33.2. The highest BCUT2D eigenvalue weighted by molar-refractivity contribution is 7.16. The molecule has 0 radical (unpaired) electrons. The van der Waals surface area contributed by atoms with Gasteiger partial charge in [-0.25, -0.2) is 4.79 Å². The molecule has 1 aromatic heterocycles. The lowest BCUT2D eigenvalue weighted by molar-refractivity contribution is -0.385. The van der Waals surface area contributed by atoms with Gasteiger partial charge in [0.2, 0.25) is 5.75 Å². The van der Waals surface area contributed by atoms with Crippen LogP contribution in [0.3, 0.4) is 0 Å². The molecule has 2 aromatic rings. The van der Waals surface area contributed by atoms with Crippen LogP contribution in [0.4, 0.5) is 10.7 Å². The maximum absolute atomic E-state index is 12.0. The van der Waals surface area contributed by atoms with E-state index in [1.807, 2.05) is 0 Å². The molecule has 0 saturated carbocycles. The van der Waals surface area contributed by atoms with Gasteiger partial charge in [0, 0.05) is 28.6 Å². The van der Waals surface area contributed by atoms with Crippen LogP contribution in [0.15, 0.2) is 36.4 Å². The predicted molar refractivity (Wildman–Crippen MR) is 98.0 cm³/mol. The fourth-order valence-electron chi connectivity index (χ4n) is 2.41. The molecule has 0 unspecified atom stereocenters. The number of rotatable bonds is 6. The number of carbonyl (C=O) groups is 1. The van der Waals surface area contributed by atoms with Crippen molar-refractivity contribution in [2.75, 3.05) is 13.2 Å².